The first-order chi connectivity index (χ1) is 8.74. The maximum Gasteiger partial charge on any atom is 0.135 e. The molecule has 1 nitrogen and oxygen atoms in total. The van der Waals surface area contributed by atoms with Gasteiger partial charge in [-0.15, -0.1) is 0 Å². The molecule has 0 atom stereocenters. The summed E-state index contributed by atoms with van der Waals surface area (Å²) in [6, 6.07) is 5.84. The van der Waals surface area contributed by atoms with E-state index in [0.29, 0.717) is 0 Å². The quantitative estimate of drug-likeness (QED) is 0.585. The van der Waals surface area contributed by atoms with E-state index in [1.165, 1.54) is 17.7 Å². The second-order valence-electron chi connectivity index (χ2n) is 3.82. The van der Waals surface area contributed by atoms with Gasteiger partial charge in [-0.25, -0.2) is 4.99 Å². The van der Waals surface area contributed by atoms with Crippen LogP contribution in [0.2, 0.25) is 5.02 Å². The Morgan fingerprint density at radius 2 is 2.33 bits per heavy atom. The van der Waals surface area contributed by atoms with Crippen molar-refractivity contribution in [2.24, 2.45) is 4.99 Å². The van der Waals surface area contributed by atoms with Gasteiger partial charge in [-0.3, -0.25) is 0 Å². The smallest absolute Gasteiger partial charge is 0.135 e. The minimum atomic E-state index is 0.749. The molecule has 0 aliphatic carbocycles. The number of aliphatic imine (C=N–C) groups is 1. The Morgan fingerprint density at radius 3 is 3.06 bits per heavy atom. The molecule has 18 heavy (non-hydrogen) atoms. The first-order valence-corrected chi connectivity index (χ1v) is 8.84. The van der Waals surface area contributed by atoms with Crippen molar-refractivity contribution >= 4 is 66.0 Å². The summed E-state index contributed by atoms with van der Waals surface area (Å²) in [6.45, 7) is 2.21. The first-order valence-electron chi connectivity index (χ1n) is 5.74. The maximum atomic E-state index is 6.03. The minimum absolute atomic E-state index is 0.749. The van der Waals surface area contributed by atoms with Gasteiger partial charge in [-0.1, -0.05) is 64.4 Å². The Kier molecular flexibility index (Phi) is 5.67. The van der Waals surface area contributed by atoms with Crippen molar-refractivity contribution in [2.75, 3.05) is 5.75 Å². The molecular formula is C13H13BrClNS2. The van der Waals surface area contributed by atoms with Crippen LogP contribution in [0, 0.1) is 0 Å². The maximum absolute atomic E-state index is 6.03. The Labute approximate surface area is 130 Å². The highest BCUT2D eigenvalue weighted by Crippen LogP contribution is 2.44. The molecule has 1 aromatic carbocycles. The largest absolute Gasteiger partial charge is 0.234 e. The fourth-order valence-electron chi connectivity index (χ4n) is 1.52. The number of hydrogen-bond donors (Lipinski definition) is 0. The Balaban J connectivity index is 2.25. The number of unbranched alkanes of at least 4 members (excludes halogenated alkanes) is 1. The third kappa shape index (κ3) is 3.56. The van der Waals surface area contributed by atoms with Crippen LogP contribution in [0.4, 0.5) is 5.69 Å². The van der Waals surface area contributed by atoms with E-state index >= 15 is 0 Å². The van der Waals surface area contributed by atoms with Crippen LogP contribution in [0.15, 0.2) is 28.2 Å². The lowest BCUT2D eigenvalue weighted by Gasteiger charge is -2.17. The summed E-state index contributed by atoms with van der Waals surface area (Å²) < 4.78 is 1.11. The SMILES string of the molecule is CCCCSC1=Nc2ccc(Cl)cc2/C(=C/Br)S1. The molecule has 0 aromatic heterocycles. The summed E-state index contributed by atoms with van der Waals surface area (Å²) in [7, 11) is 0. The highest BCUT2D eigenvalue weighted by molar-refractivity contribution is 9.11. The topological polar surface area (TPSA) is 12.4 Å². The van der Waals surface area contributed by atoms with Crippen molar-refractivity contribution in [1.29, 1.82) is 0 Å². The van der Waals surface area contributed by atoms with Crippen LogP contribution in [0.25, 0.3) is 4.91 Å². The lowest BCUT2D eigenvalue weighted by atomic mass is 10.2. The molecule has 1 heterocycles. The van der Waals surface area contributed by atoms with E-state index < -0.39 is 0 Å². The molecule has 0 fully saturated rings. The number of thioether (sulfide) groups is 2. The van der Waals surface area contributed by atoms with E-state index in [9.17, 15) is 0 Å². The van der Waals surface area contributed by atoms with Crippen LogP contribution < -0.4 is 0 Å². The molecular weight excluding hydrogens is 350 g/mol. The van der Waals surface area contributed by atoms with Gasteiger partial charge in [0.25, 0.3) is 0 Å². The molecule has 0 saturated carbocycles. The second-order valence-corrected chi connectivity index (χ2v) is 7.08. The van der Waals surface area contributed by atoms with Gasteiger partial charge in [0.15, 0.2) is 0 Å². The van der Waals surface area contributed by atoms with Gasteiger partial charge in [0.2, 0.25) is 0 Å². The third-order valence-corrected chi connectivity index (χ3v) is 5.71. The van der Waals surface area contributed by atoms with Gasteiger partial charge in [0.1, 0.15) is 4.38 Å². The number of fused-ring (bicyclic) bond motifs is 1. The molecule has 0 bridgehead atoms. The monoisotopic (exact) mass is 361 g/mol. The van der Waals surface area contributed by atoms with Crippen molar-refractivity contribution in [2.45, 2.75) is 19.8 Å². The van der Waals surface area contributed by atoms with Gasteiger partial charge >= 0.3 is 0 Å². The van der Waals surface area contributed by atoms with E-state index in [-0.39, 0.29) is 0 Å². The molecule has 0 saturated heterocycles. The van der Waals surface area contributed by atoms with E-state index in [2.05, 4.69) is 27.8 Å². The molecule has 1 aliphatic rings. The first kappa shape index (κ1) is 14.5. The standard InChI is InChI=1S/C13H13BrClNS2/c1-2-3-6-17-13-16-11-5-4-9(15)7-10(11)12(8-14)18-13/h4-5,7-8H,2-3,6H2,1H3/b12-8-. The number of hydrogen-bond acceptors (Lipinski definition) is 3. The van der Waals surface area contributed by atoms with Crippen LogP contribution in [0.3, 0.4) is 0 Å². The predicted molar refractivity (Wildman–Crippen MR) is 90.4 cm³/mol. The van der Waals surface area contributed by atoms with Crippen LogP contribution in [0.1, 0.15) is 25.3 Å². The highest BCUT2D eigenvalue weighted by Gasteiger charge is 2.18. The molecule has 5 heteroatoms. The highest BCUT2D eigenvalue weighted by atomic mass is 79.9. The zero-order valence-electron chi connectivity index (χ0n) is 9.95. The van der Waals surface area contributed by atoms with Gasteiger partial charge in [0.05, 0.1) is 5.69 Å². The third-order valence-electron chi connectivity index (χ3n) is 2.46. The number of nitrogens with zero attached hydrogens (tertiary/aromatic N) is 1. The summed E-state index contributed by atoms with van der Waals surface area (Å²) in [5, 5.41) is 0.749. The second kappa shape index (κ2) is 7.04. The summed E-state index contributed by atoms with van der Waals surface area (Å²) in [6.07, 6.45) is 2.45. The van der Waals surface area contributed by atoms with Crippen molar-refractivity contribution in [1.82, 2.24) is 0 Å². The molecule has 2 rings (SSSR count). The predicted octanol–water partition coefficient (Wildman–Crippen LogP) is 6.30. The van der Waals surface area contributed by atoms with E-state index in [0.717, 1.165) is 26.4 Å². The summed E-state index contributed by atoms with van der Waals surface area (Å²) >= 11 is 13.0. The summed E-state index contributed by atoms with van der Waals surface area (Å²) in [5.74, 6) is 1.13. The molecule has 0 unspecified atom stereocenters. The Bertz CT molecular complexity index is 500. The van der Waals surface area contributed by atoms with Gasteiger partial charge in [-0.2, -0.15) is 0 Å². The number of halogens is 2. The molecule has 0 spiro atoms. The van der Waals surface area contributed by atoms with Gasteiger partial charge < -0.3 is 0 Å². The van der Waals surface area contributed by atoms with Crippen molar-refractivity contribution in [3.63, 3.8) is 0 Å². The van der Waals surface area contributed by atoms with E-state index in [4.69, 9.17) is 11.6 Å². The summed E-state index contributed by atoms with van der Waals surface area (Å²) in [4.78, 5) is 7.79. The molecule has 0 amide bonds. The zero-order chi connectivity index (χ0) is 13.0. The number of benzene rings is 1. The van der Waals surface area contributed by atoms with Crippen LogP contribution in [-0.2, 0) is 0 Å². The molecule has 1 aromatic rings. The zero-order valence-corrected chi connectivity index (χ0v) is 13.9. The molecule has 0 N–H and O–H groups in total. The van der Waals surface area contributed by atoms with Crippen LogP contribution in [-0.4, -0.2) is 10.1 Å². The normalized spacial score (nSPS) is 16.6. The molecule has 96 valence electrons. The molecule has 0 radical (unpaired) electrons. The van der Waals surface area contributed by atoms with Crippen LogP contribution in [0.5, 0.6) is 0 Å². The summed E-state index contributed by atoms with van der Waals surface area (Å²) in [5.41, 5.74) is 2.10. The lowest BCUT2D eigenvalue weighted by molar-refractivity contribution is 0.898. The van der Waals surface area contributed by atoms with Crippen molar-refractivity contribution in [3.05, 3.63) is 33.8 Å². The van der Waals surface area contributed by atoms with Crippen molar-refractivity contribution < 1.29 is 0 Å². The van der Waals surface area contributed by atoms with Gasteiger partial charge in [0, 0.05) is 21.2 Å². The average molecular weight is 363 g/mol. The fourth-order valence-corrected chi connectivity index (χ4v) is 4.39. The van der Waals surface area contributed by atoms with E-state index in [1.54, 1.807) is 11.8 Å². The average Bonchev–Trinajstić information content (AvgIpc) is 2.38. The minimum Gasteiger partial charge on any atom is -0.234 e. The Hall–Kier alpha value is 0.1000. The lowest BCUT2D eigenvalue weighted by Crippen LogP contribution is -1.96. The van der Waals surface area contributed by atoms with E-state index in [1.807, 2.05) is 34.9 Å². The number of rotatable bonds is 3. The van der Waals surface area contributed by atoms with Crippen LogP contribution >= 0.6 is 51.1 Å². The van der Waals surface area contributed by atoms with Gasteiger partial charge in [-0.05, 0) is 29.6 Å². The fraction of sp³-hybridized carbons (Fsp3) is 0.308. The Morgan fingerprint density at radius 1 is 1.50 bits per heavy atom. The molecule has 1 aliphatic heterocycles. The van der Waals surface area contributed by atoms with Crippen molar-refractivity contribution in [3.8, 4) is 0 Å².